The van der Waals surface area contributed by atoms with E-state index >= 15 is 0 Å². The van der Waals surface area contributed by atoms with Crippen molar-refractivity contribution in [2.45, 2.75) is 56.1 Å². The predicted octanol–water partition coefficient (Wildman–Crippen LogP) is 5.78. The first kappa shape index (κ1) is 30.9. The second-order valence-electron chi connectivity index (χ2n) is 9.95. The molecule has 1 atom stereocenters. The van der Waals surface area contributed by atoms with Crippen molar-refractivity contribution < 1.29 is 22.7 Å². The van der Waals surface area contributed by atoms with Gasteiger partial charge in [-0.1, -0.05) is 70.7 Å². The van der Waals surface area contributed by atoms with Gasteiger partial charge in [0.15, 0.2) is 0 Å². The van der Waals surface area contributed by atoms with Crippen LogP contribution in [0.25, 0.3) is 0 Å². The van der Waals surface area contributed by atoms with Crippen molar-refractivity contribution in [3.63, 3.8) is 0 Å². The van der Waals surface area contributed by atoms with Crippen molar-refractivity contribution in [1.82, 2.24) is 10.2 Å². The number of nitrogens with one attached hydrogen (secondary N) is 1. The van der Waals surface area contributed by atoms with Crippen LogP contribution in [0.2, 0.25) is 5.02 Å². The number of carbonyl (C=O) groups excluding carboxylic acids is 2. The molecule has 3 aromatic carbocycles. The summed E-state index contributed by atoms with van der Waals surface area (Å²) in [6, 6.07) is 19.0. The van der Waals surface area contributed by atoms with Gasteiger partial charge < -0.3 is 15.0 Å². The van der Waals surface area contributed by atoms with Gasteiger partial charge in [-0.2, -0.15) is 0 Å². The lowest BCUT2D eigenvalue weighted by Gasteiger charge is -2.33. The monoisotopic (exact) mass is 661 g/mol. The molecule has 0 spiro atoms. The summed E-state index contributed by atoms with van der Waals surface area (Å²) in [4.78, 5) is 28.8. The molecule has 1 aliphatic carbocycles. The Labute approximate surface area is 254 Å². The maximum Gasteiger partial charge on any atom is 0.264 e. The summed E-state index contributed by atoms with van der Waals surface area (Å²) in [5.41, 5.74) is 0.906. The number of rotatable bonds is 11. The van der Waals surface area contributed by atoms with Crippen LogP contribution in [0.4, 0.5) is 5.69 Å². The first-order valence-electron chi connectivity index (χ1n) is 13.4. The summed E-state index contributed by atoms with van der Waals surface area (Å²) in [7, 11) is -2.82. The summed E-state index contributed by atoms with van der Waals surface area (Å²) < 4.78 is 35.3. The largest absolute Gasteiger partial charge is 0.495 e. The number of sulfonamides is 1. The minimum atomic E-state index is -4.23. The first-order valence-corrected chi connectivity index (χ1v) is 16.0. The highest BCUT2D eigenvalue weighted by Gasteiger charge is 2.34. The lowest BCUT2D eigenvalue weighted by Crippen LogP contribution is -2.52. The number of benzene rings is 3. The second kappa shape index (κ2) is 13.7. The zero-order chi connectivity index (χ0) is 29.6. The van der Waals surface area contributed by atoms with Crippen LogP contribution in [-0.2, 0) is 26.2 Å². The Kier molecular flexibility index (Phi) is 10.3. The Bertz CT molecular complexity index is 1470. The van der Waals surface area contributed by atoms with Crippen LogP contribution in [0, 0.1) is 0 Å². The number of anilines is 1. The van der Waals surface area contributed by atoms with Crippen LogP contribution in [0.5, 0.6) is 5.75 Å². The van der Waals surface area contributed by atoms with E-state index in [1.807, 2.05) is 24.3 Å². The predicted molar refractivity (Wildman–Crippen MR) is 164 cm³/mol. The first-order chi connectivity index (χ1) is 19.6. The fraction of sp³-hybridized carbons (Fsp3) is 0.333. The molecule has 1 N–H and O–H groups in total. The molecule has 3 aromatic rings. The molecule has 0 heterocycles. The van der Waals surface area contributed by atoms with Gasteiger partial charge in [0, 0.05) is 22.1 Å². The Balaban J connectivity index is 1.72. The van der Waals surface area contributed by atoms with Gasteiger partial charge in [-0.05, 0) is 67.8 Å². The number of halogens is 2. The van der Waals surface area contributed by atoms with Crippen LogP contribution in [0.1, 0.15) is 38.2 Å². The third-order valence-corrected chi connectivity index (χ3v) is 9.69. The van der Waals surface area contributed by atoms with E-state index in [0.717, 1.165) is 40.0 Å². The third-order valence-electron chi connectivity index (χ3n) is 7.15. The van der Waals surface area contributed by atoms with Crippen molar-refractivity contribution in [2.24, 2.45) is 0 Å². The molecule has 1 fully saturated rings. The molecule has 0 bridgehead atoms. The Hall–Kier alpha value is -3.08. The van der Waals surface area contributed by atoms with Gasteiger partial charge in [-0.25, -0.2) is 8.42 Å². The summed E-state index contributed by atoms with van der Waals surface area (Å²) >= 11 is 9.70. The summed E-state index contributed by atoms with van der Waals surface area (Å²) in [5.74, 6) is -0.600. The van der Waals surface area contributed by atoms with Crippen LogP contribution < -0.4 is 14.4 Å². The molecule has 8 nitrogen and oxygen atoms in total. The number of carbonyl (C=O) groups is 2. The van der Waals surface area contributed by atoms with Crippen molar-refractivity contribution in [1.29, 1.82) is 0 Å². The highest BCUT2D eigenvalue weighted by Crippen LogP contribution is 2.35. The molecule has 218 valence electrons. The smallest absolute Gasteiger partial charge is 0.264 e. The molecule has 0 saturated heterocycles. The molecule has 2 amide bonds. The quantitative estimate of drug-likeness (QED) is 0.281. The molecule has 0 unspecified atom stereocenters. The standard InChI is InChI=1S/C30H33BrClN3O5S/c1-21(30(37)33-25-8-6-7-9-25)34(19-22-12-14-23(31)15-13-22)29(36)20-35(27-18-24(32)16-17-28(27)40-2)41(38,39)26-10-4-3-5-11-26/h3-5,10-18,21,25H,6-9,19-20H2,1-2H3,(H,33,37)/t21-/m0/s1. The average molecular weight is 663 g/mol. The third kappa shape index (κ3) is 7.61. The van der Waals surface area contributed by atoms with E-state index in [-0.39, 0.29) is 39.8 Å². The van der Waals surface area contributed by atoms with Gasteiger partial charge in [0.1, 0.15) is 18.3 Å². The molecule has 0 radical (unpaired) electrons. The topological polar surface area (TPSA) is 96.0 Å². The maximum absolute atomic E-state index is 14.1. The number of amides is 2. The van der Waals surface area contributed by atoms with E-state index in [0.29, 0.717) is 0 Å². The number of hydrogen-bond donors (Lipinski definition) is 1. The minimum absolute atomic E-state index is 0.00122. The molecule has 4 rings (SSSR count). The van der Waals surface area contributed by atoms with E-state index in [9.17, 15) is 18.0 Å². The van der Waals surface area contributed by atoms with E-state index in [4.69, 9.17) is 16.3 Å². The van der Waals surface area contributed by atoms with Gasteiger partial charge in [0.2, 0.25) is 11.8 Å². The summed E-state index contributed by atoms with van der Waals surface area (Å²) in [6.45, 7) is 1.19. The summed E-state index contributed by atoms with van der Waals surface area (Å²) in [5, 5.41) is 3.34. The van der Waals surface area contributed by atoms with Gasteiger partial charge in [-0.15, -0.1) is 0 Å². The normalized spacial score (nSPS) is 14.3. The van der Waals surface area contributed by atoms with Crippen molar-refractivity contribution >= 4 is 55.1 Å². The van der Waals surface area contributed by atoms with E-state index in [1.165, 1.54) is 30.2 Å². The number of nitrogens with zero attached hydrogens (tertiary/aromatic N) is 2. The maximum atomic E-state index is 14.1. The van der Waals surface area contributed by atoms with Crippen molar-refractivity contribution in [2.75, 3.05) is 18.0 Å². The molecule has 11 heteroatoms. The SMILES string of the molecule is COc1ccc(Cl)cc1N(CC(=O)N(Cc1ccc(Br)cc1)[C@@H](C)C(=O)NC1CCCC1)S(=O)(=O)c1ccccc1. The number of methoxy groups -OCH3 is 1. The van der Waals surface area contributed by atoms with Gasteiger partial charge in [0.25, 0.3) is 10.0 Å². The molecule has 1 saturated carbocycles. The van der Waals surface area contributed by atoms with Crippen LogP contribution in [-0.4, -0.2) is 50.9 Å². The van der Waals surface area contributed by atoms with E-state index in [2.05, 4.69) is 21.2 Å². The number of ether oxygens (including phenoxy) is 1. The van der Waals surface area contributed by atoms with Gasteiger partial charge in [0.05, 0.1) is 17.7 Å². The molecular formula is C30H33BrClN3O5S. The summed E-state index contributed by atoms with van der Waals surface area (Å²) in [6.07, 6.45) is 3.90. The lowest BCUT2D eigenvalue weighted by atomic mass is 10.1. The molecule has 0 aliphatic heterocycles. The average Bonchev–Trinajstić information content (AvgIpc) is 3.48. The fourth-order valence-corrected chi connectivity index (χ4v) is 6.72. The number of hydrogen-bond acceptors (Lipinski definition) is 5. The van der Waals surface area contributed by atoms with E-state index < -0.39 is 28.5 Å². The molecule has 0 aromatic heterocycles. The van der Waals surface area contributed by atoms with Crippen LogP contribution >= 0.6 is 27.5 Å². The highest BCUT2D eigenvalue weighted by atomic mass is 79.9. The van der Waals surface area contributed by atoms with Gasteiger partial charge >= 0.3 is 0 Å². The Morgan fingerprint density at radius 1 is 1.05 bits per heavy atom. The molecular weight excluding hydrogens is 630 g/mol. The Morgan fingerprint density at radius 2 is 1.71 bits per heavy atom. The fourth-order valence-electron chi connectivity index (χ4n) is 4.85. The molecule has 1 aliphatic rings. The van der Waals surface area contributed by atoms with Crippen molar-refractivity contribution in [3.8, 4) is 5.75 Å². The van der Waals surface area contributed by atoms with E-state index in [1.54, 1.807) is 37.3 Å². The lowest BCUT2D eigenvalue weighted by molar-refractivity contribution is -0.139. The van der Waals surface area contributed by atoms with Crippen molar-refractivity contribution in [3.05, 3.63) is 87.9 Å². The zero-order valence-corrected chi connectivity index (χ0v) is 26.1. The van der Waals surface area contributed by atoms with Crippen LogP contribution in [0.3, 0.4) is 0 Å². The van der Waals surface area contributed by atoms with Gasteiger partial charge in [-0.3, -0.25) is 13.9 Å². The highest BCUT2D eigenvalue weighted by molar-refractivity contribution is 9.10. The second-order valence-corrected chi connectivity index (χ2v) is 13.2. The zero-order valence-electron chi connectivity index (χ0n) is 22.9. The molecule has 41 heavy (non-hydrogen) atoms. The van der Waals surface area contributed by atoms with Crippen LogP contribution in [0.15, 0.2) is 82.2 Å². The minimum Gasteiger partial charge on any atom is -0.495 e. The Morgan fingerprint density at radius 3 is 2.34 bits per heavy atom.